The van der Waals surface area contributed by atoms with Gasteiger partial charge in [0, 0.05) is 0 Å². The van der Waals surface area contributed by atoms with Crippen LogP contribution in [-0.2, 0) is 4.79 Å². The van der Waals surface area contributed by atoms with E-state index in [1.807, 2.05) is 0 Å². The Kier molecular flexibility index (Phi) is 4.69. The summed E-state index contributed by atoms with van der Waals surface area (Å²) in [5, 5.41) is 2.07. The summed E-state index contributed by atoms with van der Waals surface area (Å²) in [7, 11) is 0. The number of hydrogen-bond acceptors (Lipinski definition) is 5. The van der Waals surface area contributed by atoms with E-state index in [0.717, 1.165) is 11.8 Å². The minimum Gasteiger partial charge on any atom is -0.423 e. The van der Waals surface area contributed by atoms with E-state index < -0.39 is 17.1 Å². The third-order valence-electron chi connectivity index (χ3n) is 3.10. The molecule has 1 saturated heterocycles. The van der Waals surface area contributed by atoms with Crippen molar-refractivity contribution >= 4 is 46.6 Å². The average molecular weight is 360 g/mol. The Hall–Kier alpha value is -2.57. The van der Waals surface area contributed by atoms with Crippen molar-refractivity contribution in [1.29, 1.82) is 0 Å². The van der Waals surface area contributed by atoms with E-state index in [-0.39, 0.29) is 10.5 Å². The summed E-state index contributed by atoms with van der Waals surface area (Å²) in [4.78, 5) is 35.2. The minimum atomic E-state index is -0.575. The molecule has 24 heavy (non-hydrogen) atoms. The molecule has 0 aromatic heterocycles. The second-order valence-electron chi connectivity index (χ2n) is 4.79. The van der Waals surface area contributed by atoms with Crippen LogP contribution in [0.25, 0.3) is 6.08 Å². The van der Waals surface area contributed by atoms with Gasteiger partial charge in [-0.15, -0.1) is 0 Å². The summed E-state index contributed by atoms with van der Waals surface area (Å²) in [6.45, 7) is 0. The quantitative estimate of drug-likeness (QED) is 0.511. The fourth-order valence-corrected chi connectivity index (χ4v) is 2.92. The molecule has 0 spiro atoms. The number of thioether (sulfide) groups is 1. The van der Waals surface area contributed by atoms with Crippen LogP contribution in [0, 0.1) is 0 Å². The fraction of sp³-hybridized carbons (Fsp3) is 0. The number of hydrogen-bond donors (Lipinski definition) is 1. The van der Waals surface area contributed by atoms with Crippen LogP contribution >= 0.6 is 23.4 Å². The number of nitrogens with one attached hydrogen (secondary N) is 1. The first-order valence-corrected chi connectivity index (χ1v) is 8.04. The first kappa shape index (κ1) is 16.3. The molecule has 0 atom stereocenters. The Balaban J connectivity index is 1.80. The molecule has 120 valence electrons. The lowest BCUT2D eigenvalue weighted by Crippen LogP contribution is -2.17. The van der Waals surface area contributed by atoms with Crippen LogP contribution in [0.2, 0.25) is 5.02 Å². The SMILES string of the molecule is O=C1NC(=O)/C(=C/c2cccc(OC(=O)c3ccccc3Cl)c2)S1. The van der Waals surface area contributed by atoms with Gasteiger partial charge < -0.3 is 4.74 Å². The summed E-state index contributed by atoms with van der Waals surface area (Å²) < 4.78 is 5.31. The van der Waals surface area contributed by atoms with Crippen LogP contribution in [0.15, 0.2) is 53.4 Å². The van der Waals surface area contributed by atoms with Gasteiger partial charge in [-0.3, -0.25) is 14.9 Å². The van der Waals surface area contributed by atoms with Gasteiger partial charge in [0.2, 0.25) is 0 Å². The number of halogens is 1. The maximum absolute atomic E-state index is 12.2. The van der Waals surface area contributed by atoms with E-state index in [9.17, 15) is 14.4 Å². The van der Waals surface area contributed by atoms with Crippen LogP contribution in [-0.4, -0.2) is 17.1 Å². The van der Waals surface area contributed by atoms with Crippen LogP contribution in [0.3, 0.4) is 0 Å². The largest absolute Gasteiger partial charge is 0.423 e. The third-order valence-corrected chi connectivity index (χ3v) is 4.24. The molecule has 1 aliphatic rings. The molecule has 2 aromatic rings. The second kappa shape index (κ2) is 6.90. The van der Waals surface area contributed by atoms with E-state index in [0.29, 0.717) is 16.3 Å². The minimum absolute atomic E-state index is 0.263. The van der Waals surface area contributed by atoms with Crippen molar-refractivity contribution in [1.82, 2.24) is 5.32 Å². The van der Waals surface area contributed by atoms with Crippen molar-refractivity contribution in [2.24, 2.45) is 0 Å². The van der Waals surface area contributed by atoms with Crippen molar-refractivity contribution in [3.63, 3.8) is 0 Å². The van der Waals surface area contributed by atoms with Gasteiger partial charge in [-0.1, -0.05) is 35.9 Å². The molecule has 0 bridgehead atoms. The van der Waals surface area contributed by atoms with Gasteiger partial charge in [0.05, 0.1) is 15.5 Å². The van der Waals surface area contributed by atoms with Crippen molar-refractivity contribution in [2.45, 2.75) is 0 Å². The predicted molar refractivity (Wildman–Crippen MR) is 92.0 cm³/mol. The highest BCUT2D eigenvalue weighted by Gasteiger charge is 2.24. The van der Waals surface area contributed by atoms with E-state index in [1.165, 1.54) is 0 Å². The van der Waals surface area contributed by atoms with E-state index in [4.69, 9.17) is 16.3 Å². The summed E-state index contributed by atoms with van der Waals surface area (Å²) >= 11 is 6.79. The molecule has 0 aliphatic carbocycles. The first-order valence-electron chi connectivity index (χ1n) is 6.84. The van der Waals surface area contributed by atoms with Crippen molar-refractivity contribution < 1.29 is 19.1 Å². The monoisotopic (exact) mass is 359 g/mol. The second-order valence-corrected chi connectivity index (χ2v) is 6.22. The van der Waals surface area contributed by atoms with Gasteiger partial charge in [-0.05, 0) is 47.7 Å². The molecule has 1 N–H and O–H groups in total. The van der Waals surface area contributed by atoms with Crippen LogP contribution in [0.1, 0.15) is 15.9 Å². The van der Waals surface area contributed by atoms with Gasteiger partial charge >= 0.3 is 5.97 Å². The Bertz CT molecular complexity index is 878. The maximum atomic E-state index is 12.2. The molecular formula is C17H10ClNO4S. The maximum Gasteiger partial charge on any atom is 0.345 e. The topological polar surface area (TPSA) is 72.5 Å². The molecular weight excluding hydrogens is 350 g/mol. The summed E-state index contributed by atoms with van der Waals surface area (Å²) in [5.41, 5.74) is 0.894. The Morgan fingerprint density at radius 1 is 1.12 bits per heavy atom. The number of carbonyl (C=O) groups is 3. The number of amides is 2. The van der Waals surface area contributed by atoms with Gasteiger partial charge in [0.1, 0.15) is 5.75 Å². The van der Waals surface area contributed by atoms with Crippen LogP contribution in [0.5, 0.6) is 5.75 Å². The normalized spacial score (nSPS) is 15.5. The van der Waals surface area contributed by atoms with Crippen molar-refractivity contribution in [2.75, 3.05) is 0 Å². The van der Waals surface area contributed by atoms with Crippen LogP contribution in [0.4, 0.5) is 4.79 Å². The molecule has 3 rings (SSSR count). The molecule has 5 nitrogen and oxygen atoms in total. The molecule has 2 amide bonds. The Morgan fingerprint density at radius 2 is 1.92 bits per heavy atom. The van der Waals surface area contributed by atoms with Gasteiger partial charge in [0.15, 0.2) is 0 Å². The molecule has 1 heterocycles. The number of rotatable bonds is 3. The molecule has 1 aliphatic heterocycles. The number of imide groups is 1. The van der Waals surface area contributed by atoms with E-state index in [1.54, 1.807) is 54.6 Å². The zero-order valence-corrected chi connectivity index (χ0v) is 13.7. The number of carbonyl (C=O) groups excluding carboxylic acids is 3. The lowest BCUT2D eigenvalue weighted by atomic mass is 10.2. The number of esters is 1. The van der Waals surface area contributed by atoms with Gasteiger partial charge in [0.25, 0.3) is 11.1 Å². The van der Waals surface area contributed by atoms with Crippen molar-refractivity contribution in [3.05, 3.63) is 69.6 Å². The molecule has 0 unspecified atom stereocenters. The molecule has 1 fully saturated rings. The van der Waals surface area contributed by atoms with E-state index >= 15 is 0 Å². The highest BCUT2D eigenvalue weighted by molar-refractivity contribution is 8.18. The smallest absolute Gasteiger partial charge is 0.345 e. The summed E-state index contributed by atoms with van der Waals surface area (Å²) in [6, 6.07) is 13.2. The molecule has 7 heteroatoms. The summed E-state index contributed by atoms with van der Waals surface area (Å²) in [6.07, 6.45) is 1.55. The highest BCUT2D eigenvalue weighted by Crippen LogP contribution is 2.27. The van der Waals surface area contributed by atoms with Crippen LogP contribution < -0.4 is 10.1 Å². The third kappa shape index (κ3) is 3.67. The lowest BCUT2D eigenvalue weighted by molar-refractivity contribution is -0.115. The predicted octanol–water partition coefficient (Wildman–Crippen LogP) is 3.88. The number of benzene rings is 2. The van der Waals surface area contributed by atoms with Crippen molar-refractivity contribution in [3.8, 4) is 5.75 Å². The molecule has 0 saturated carbocycles. The fourth-order valence-electron chi connectivity index (χ4n) is 2.03. The number of ether oxygens (including phenoxy) is 1. The highest BCUT2D eigenvalue weighted by atomic mass is 35.5. The standard InChI is InChI=1S/C17H10ClNO4S/c18-13-7-2-1-6-12(13)16(21)23-11-5-3-4-10(8-11)9-14-15(20)19-17(22)24-14/h1-9H,(H,19,20,22)/b14-9-. The molecule has 2 aromatic carbocycles. The zero-order chi connectivity index (χ0) is 17.1. The lowest BCUT2D eigenvalue weighted by Gasteiger charge is -2.06. The zero-order valence-electron chi connectivity index (χ0n) is 12.1. The van der Waals surface area contributed by atoms with Gasteiger partial charge in [-0.2, -0.15) is 0 Å². The van der Waals surface area contributed by atoms with Gasteiger partial charge in [-0.25, -0.2) is 4.79 Å². The Morgan fingerprint density at radius 3 is 2.62 bits per heavy atom. The first-order chi connectivity index (χ1) is 11.5. The average Bonchev–Trinajstić information content (AvgIpc) is 2.85. The Labute approximate surface area is 146 Å². The molecule has 0 radical (unpaired) electrons. The van der Waals surface area contributed by atoms with E-state index in [2.05, 4.69) is 5.32 Å². The summed E-state index contributed by atoms with van der Waals surface area (Å²) in [5.74, 6) is -0.707.